The van der Waals surface area contributed by atoms with E-state index >= 15 is 0 Å². The predicted octanol–water partition coefficient (Wildman–Crippen LogP) is 2.60. The lowest BCUT2D eigenvalue weighted by Crippen LogP contribution is -2.46. The molecule has 1 aliphatic heterocycles. The van der Waals surface area contributed by atoms with E-state index in [1.54, 1.807) is 7.11 Å². The van der Waals surface area contributed by atoms with Crippen LogP contribution in [0.5, 0.6) is 5.75 Å². The molecule has 1 heterocycles. The summed E-state index contributed by atoms with van der Waals surface area (Å²) < 4.78 is 5.14. The molecule has 100 valence electrons. The van der Waals surface area contributed by atoms with Crippen LogP contribution in [0.2, 0.25) is 0 Å². The van der Waals surface area contributed by atoms with Crippen LogP contribution >= 0.6 is 0 Å². The van der Waals surface area contributed by atoms with Crippen LogP contribution in [0.25, 0.3) is 0 Å². The molecule has 0 saturated carbocycles. The van der Waals surface area contributed by atoms with Crippen LogP contribution in [-0.4, -0.2) is 35.7 Å². The Hall–Kier alpha value is -1.06. The van der Waals surface area contributed by atoms with Crippen LogP contribution in [0.1, 0.15) is 38.4 Å². The molecule has 0 spiro atoms. The molecule has 3 nitrogen and oxygen atoms in total. The highest BCUT2D eigenvalue weighted by Gasteiger charge is 2.36. The van der Waals surface area contributed by atoms with E-state index in [1.807, 2.05) is 24.3 Å². The SMILES string of the molecule is COc1ccc(C(O)C(C)(C)N2CCCC2)cc1. The van der Waals surface area contributed by atoms with Gasteiger partial charge in [-0.3, -0.25) is 4.90 Å². The van der Waals surface area contributed by atoms with E-state index < -0.39 is 6.10 Å². The summed E-state index contributed by atoms with van der Waals surface area (Å²) in [5.41, 5.74) is 0.734. The van der Waals surface area contributed by atoms with Crippen LogP contribution in [0.15, 0.2) is 24.3 Å². The summed E-state index contributed by atoms with van der Waals surface area (Å²) in [6.45, 7) is 6.40. The first-order chi connectivity index (χ1) is 8.55. The second kappa shape index (κ2) is 5.29. The number of aliphatic hydroxyl groups excluding tert-OH is 1. The Kier molecular flexibility index (Phi) is 3.93. The summed E-state index contributed by atoms with van der Waals surface area (Å²) in [7, 11) is 1.65. The molecule has 3 heteroatoms. The lowest BCUT2D eigenvalue weighted by molar-refractivity contribution is 0.00130. The Morgan fingerprint density at radius 2 is 1.72 bits per heavy atom. The fraction of sp³-hybridized carbons (Fsp3) is 0.600. The molecule has 1 aromatic carbocycles. The third-order valence-electron chi connectivity index (χ3n) is 4.02. The van der Waals surface area contributed by atoms with Crippen LogP contribution in [0.3, 0.4) is 0 Å². The van der Waals surface area contributed by atoms with Crippen molar-refractivity contribution in [3.05, 3.63) is 29.8 Å². The maximum atomic E-state index is 10.6. The quantitative estimate of drug-likeness (QED) is 0.890. The van der Waals surface area contributed by atoms with Gasteiger partial charge in [-0.2, -0.15) is 0 Å². The highest BCUT2D eigenvalue weighted by molar-refractivity contribution is 5.29. The molecule has 1 unspecified atom stereocenters. The third kappa shape index (κ3) is 2.52. The second-order valence-corrected chi connectivity index (χ2v) is 5.52. The molecule has 1 fully saturated rings. The van der Waals surface area contributed by atoms with E-state index in [9.17, 15) is 5.11 Å². The summed E-state index contributed by atoms with van der Waals surface area (Å²) in [5, 5.41) is 10.6. The van der Waals surface area contributed by atoms with E-state index in [4.69, 9.17) is 4.74 Å². The molecule has 1 aliphatic rings. The summed E-state index contributed by atoms with van der Waals surface area (Å²) in [6, 6.07) is 7.69. The van der Waals surface area contributed by atoms with Gasteiger partial charge >= 0.3 is 0 Å². The number of methoxy groups -OCH3 is 1. The largest absolute Gasteiger partial charge is 0.497 e. The van der Waals surface area contributed by atoms with Crippen molar-refractivity contribution >= 4 is 0 Å². The monoisotopic (exact) mass is 249 g/mol. The molecular formula is C15H23NO2. The van der Waals surface area contributed by atoms with Crippen molar-refractivity contribution in [2.45, 2.75) is 38.3 Å². The van der Waals surface area contributed by atoms with Crippen molar-refractivity contribution in [1.29, 1.82) is 0 Å². The lowest BCUT2D eigenvalue weighted by Gasteiger charge is -2.39. The van der Waals surface area contributed by atoms with E-state index in [0.717, 1.165) is 24.4 Å². The fourth-order valence-corrected chi connectivity index (χ4v) is 2.66. The van der Waals surface area contributed by atoms with Crippen LogP contribution < -0.4 is 4.74 Å². The first-order valence-corrected chi connectivity index (χ1v) is 6.63. The molecular weight excluding hydrogens is 226 g/mol. The molecule has 0 aromatic heterocycles. The van der Waals surface area contributed by atoms with Crippen molar-refractivity contribution in [2.75, 3.05) is 20.2 Å². The molecule has 2 rings (SSSR count). The van der Waals surface area contributed by atoms with Gasteiger partial charge in [-0.25, -0.2) is 0 Å². The van der Waals surface area contributed by atoms with Gasteiger partial charge in [0.15, 0.2) is 0 Å². The summed E-state index contributed by atoms with van der Waals surface area (Å²) in [4.78, 5) is 2.38. The van der Waals surface area contributed by atoms with Gasteiger partial charge in [0.25, 0.3) is 0 Å². The van der Waals surface area contributed by atoms with Gasteiger partial charge in [0, 0.05) is 5.54 Å². The molecule has 1 aromatic rings. The summed E-state index contributed by atoms with van der Waals surface area (Å²) in [5.74, 6) is 0.824. The number of nitrogens with zero attached hydrogens (tertiary/aromatic N) is 1. The Labute approximate surface area is 109 Å². The van der Waals surface area contributed by atoms with Crippen molar-refractivity contribution in [2.24, 2.45) is 0 Å². The van der Waals surface area contributed by atoms with Crippen LogP contribution in [0, 0.1) is 0 Å². The van der Waals surface area contributed by atoms with E-state index in [1.165, 1.54) is 12.8 Å². The van der Waals surface area contributed by atoms with E-state index in [-0.39, 0.29) is 5.54 Å². The molecule has 0 amide bonds. The first kappa shape index (κ1) is 13.4. The van der Waals surface area contributed by atoms with Gasteiger partial charge in [0.2, 0.25) is 0 Å². The van der Waals surface area contributed by atoms with Crippen LogP contribution in [-0.2, 0) is 0 Å². The van der Waals surface area contributed by atoms with E-state index in [2.05, 4.69) is 18.7 Å². The number of ether oxygens (including phenoxy) is 1. The zero-order valence-electron chi connectivity index (χ0n) is 11.5. The van der Waals surface area contributed by atoms with Gasteiger partial charge in [-0.1, -0.05) is 12.1 Å². The average molecular weight is 249 g/mol. The Bertz CT molecular complexity index is 380. The van der Waals surface area contributed by atoms with Crippen molar-refractivity contribution in [3.63, 3.8) is 0 Å². The van der Waals surface area contributed by atoms with Crippen LogP contribution in [0.4, 0.5) is 0 Å². The standard InChI is InChI=1S/C15H23NO2/c1-15(2,16-10-4-5-11-16)14(17)12-6-8-13(18-3)9-7-12/h6-9,14,17H,4-5,10-11H2,1-3H3. The molecule has 0 bridgehead atoms. The summed E-state index contributed by atoms with van der Waals surface area (Å²) >= 11 is 0. The van der Waals surface area contributed by atoms with Crippen molar-refractivity contribution in [3.8, 4) is 5.75 Å². The van der Waals surface area contributed by atoms with Gasteiger partial charge in [0.05, 0.1) is 13.2 Å². The molecule has 1 saturated heterocycles. The Morgan fingerprint density at radius 3 is 2.22 bits per heavy atom. The van der Waals surface area contributed by atoms with Crippen molar-refractivity contribution < 1.29 is 9.84 Å². The highest BCUT2D eigenvalue weighted by atomic mass is 16.5. The number of rotatable bonds is 4. The molecule has 0 aliphatic carbocycles. The van der Waals surface area contributed by atoms with Gasteiger partial charge in [0.1, 0.15) is 5.75 Å². The van der Waals surface area contributed by atoms with Gasteiger partial charge < -0.3 is 9.84 Å². The number of hydrogen-bond donors (Lipinski definition) is 1. The Balaban J connectivity index is 2.15. The number of likely N-dealkylation sites (tertiary alicyclic amines) is 1. The summed E-state index contributed by atoms with van der Waals surface area (Å²) in [6.07, 6.45) is 2.00. The normalized spacial score (nSPS) is 18.9. The smallest absolute Gasteiger partial charge is 0.118 e. The van der Waals surface area contributed by atoms with Gasteiger partial charge in [-0.15, -0.1) is 0 Å². The molecule has 1 N–H and O–H groups in total. The fourth-order valence-electron chi connectivity index (χ4n) is 2.66. The third-order valence-corrected chi connectivity index (χ3v) is 4.02. The second-order valence-electron chi connectivity index (χ2n) is 5.52. The molecule has 1 atom stereocenters. The maximum absolute atomic E-state index is 10.6. The zero-order valence-corrected chi connectivity index (χ0v) is 11.5. The number of hydrogen-bond acceptors (Lipinski definition) is 3. The molecule has 0 radical (unpaired) electrons. The first-order valence-electron chi connectivity index (χ1n) is 6.63. The van der Waals surface area contributed by atoms with Gasteiger partial charge in [-0.05, 0) is 57.5 Å². The minimum absolute atomic E-state index is 0.217. The zero-order chi connectivity index (χ0) is 13.2. The minimum Gasteiger partial charge on any atom is -0.497 e. The topological polar surface area (TPSA) is 32.7 Å². The lowest BCUT2D eigenvalue weighted by atomic mass is 9.89. The number of benzene rings is 1. The maximum Gasteiger partial charge on any atom is 0.118 e. The van der Waals surface area contributed by atoms with Crippen molar-refractivity contribution in [1.82, 2.24) is 4.90 Å². The van der Waals surface area contributed by atoms with E-state index in [0.29, 0.717) is 0 Å². The molecule has 18 heavy (non-hydrogen) atoms. The number of aliphatic hydroxyl groups is 1. The predicted molar refractivity (Wildman–Crippen MR) is 72.8 cm³/mol. The minimum atomic E-state index is -0.471. The highest BCUT2D eigenvalue weighted by Crippen LogP contribution is 2.33. The average Bonchev–Trinajstić information content (AvgIpc) is 2.92. The Morgan fingerprint density at radius 1 is 1.17 bits per heavy atom.